The summed E-state index contributed by atoms with van der Waals surface area (Å²) in [6, 6.07) is 6.04. The molecule has 2 N–H and O–H groups in total. The summed E-state index contributed by atoms with van der Waals surface area (Å²) < 4.78 is 5.54. The number of carbonyl (C=O) groups is 1. The summed E-state index contributed by atoms with van der Waals surface area (Å²) in [5, 5.41) is 19.9. The maximum absolute atomic E-state index is 12.6. The second kappa shape index (κ2) is 7.57. The summed E-state index contributed by atoms with van der Waals surface area (Å²) in [6.07, 6.45) is 6.18. The van der Waals surface area contributed by atoms with Gasteiger partial charge in [-0.3, -0.25) is 0 Å². The van der Waals surface area contributed by atoms with Crippen molar-refractivity contribution in [2.24, 2.45) is 0 Å². The molecule has 7 heteroatoms. The van der Waals surface area contributed by atoms with Gasteiger partial charge in [-0.2, -0.15) is 0 Å². The van der Waals surface area contributed by atoms with Gasteiger partial charge in [-0.1, -0.05) is 53.6 Å². The molecule has 0 spiro atoms. The van der Waals surface area contributed by atoms with Crippen molar-refractivity contribution in [3.63, 3.8) is 0 Å². The van der Waals surface area contributed by atoms with Gasteiger partial charge >= 0.3 is 6.09 Å². The van der Waals surface area contributed by atoms with Crippen molar-refractivity contribution in [3.05, 3.63) is 62.1 Å². The Morgan fingerprint density at radius 2 is 1.86 bits per heavy atom. The molecule has 1 aliphatic carbocycles. The number of halogens is 2. The maximum atomic E-state index is 12.6. The minimum Gasteiger partial charge on any atom is -0.503 e. The first-order valence-electron chi connectivity index (χ1n) is 9.07. The number of hydrogen-bond acceptors (Lipinski definition) is 4. The van der Waals surface area contributed by atoms with Crippen molar-refractivity contribution >= 4 is 35.4 Å². The molecule has 0 bridgehead atoms. The summed E-state index contributed by atoms with van der Waals surface area (Å²) in [7, 11) is 0. The quantitative estimate of drug-likeness (QED) is 0.667. The zero-order valence-corrected chi connectivity index (χ0v) is 16.6. The van der Waals surface area contributed by atoms with Crippen LogP contribution >= 0.6 is 23.2 Å². The van der Waals surface area contributed by atoms with Crippen LogP contribution in [0.2, 0.25) is 10.0 Å². The van der Waals surface area contributed by atoms with Crippen molar-refractivity contribution in [3.8, 4) is 11.5 Å². The van der Waals surface area contributed by atoms with E-state index in [2.05, 4.69) is 18.2 Å². The van der Waals surface area contributed by atoms with Gasteiger partial charge in [-0.15, -0.1) is 0 Å². The second-order valence-electron chi connectivity index (χ2n) is 6.94. The zero-order chi connectivity index (χ0) is 19.8. The molecule has 0 aromatic heterocycles. The van der Waals surface area contributed by atoms with Crippen LogP contribution in [0, 0.1) is 0 Å². The smallest absolute Gasteiger partial charge is 0.410 e. The van der Waals surface area contributed by atoms with Gasteiger partial charge in [0.05, 0.1) is 16.6 Å². The molecule has 5 nitrogen and oxygen atoms in total. The van der Waals surface area contributed by atoms with E-state index in [0.29, 0.717) is 24.1 Å². The standard InChI is InChI=1S/C21H19Cl2NO4/c22-17-15-8-9-24(10-16(15)18(23)20(26)19(17)25)21(27)28-11-13-6-3-5-12-4-1-2-7-14(12)13/h2-3,5-7,25-26H,1,4,8-11H2. The highest BCUT2D eigenvalue weighted by Crippen LogP contribution is 2.46. The number of carbonyl (C=O) groups excluding carboxylic acids is 1. The van der Waals surface area contributed by atoms with Crippen LogP contribution in [-0.4, -0.2) is 27.8 Å². The zero-order valence-electron chi connectivity index (χ0n) is 15.0. The highest BCUT2D eigenvalue weighted by atomic mass is 35.5. The largest absolute Gasteiger partial charge is 0.503 e. The van der Waals surface area contributed by atoms with E-state index in [-0.39, 0.29) is 23.2 Å². The number of aryl methyl sites for hydroxylation is 1. The summed E-state index contributed by atoms with van der Waals surface area (Å²) >= 11 is 12.3. The number of allylic oxidation sites excluding steroid dienone is 1. The third kappa shape index (κ3) is 3.29. The molecule has 0 unspecified atom stereocenters. The molecule has 1 heterocycles. The Morgan fingerprint density at radius 3 is 2.64 bits per heavy atom. The molecule has 2 aliphatic rings. The Hall–Kier alpha value is -2.37. The molecule has 2 aromatic carbocycles. The third-order valence-corrected chi connectivity index (χ3v) is 6.09. The molecule has 0 saturated carbocycles. The van der Waals surface area contributed by atoms with Gasteiger partial charge in [0.15, 0.2) is 11.5 Å². The van der Waals surface area contributed by atoms with Crippen LogP contribution in [0.3, 0.4) is 0 Å². The van der Waals surface area contributed by atoms with Gasteiger partial charge in [0.1, 0.15) is 6.61 Å². The fourth-order valence-corrected chi connectivity index (χ4v) is 4.31. The summed E-state index contributed by atoms with van der Waals surface area (Å²) in [4.78, 5) is 14.1. The number of aromatic hydroxyl groups is 2. The number of phenolic OH excluding ortho intramolecular Hbond substituents is 2. The molecule has 1 amide bonds. The topological polar surface area (TPSA) is 70.0 Å². The Morgan fingerprint density at radius 1 is 1.11 bits per heavy atom. The SMILES string of the molecule is O=C(OCc1cccc2c1C=CCC2)N1CCc2c(Cl)c(O)c(O)c(Cl)c2C1. The molecular formula is C21H19Cl2NO4. The maximum Gasteiger partial charge on any atom is 0.410 e. The molecule has 1 aliphatic heterocycles. The van der Waals surface area contributed by atoms with Crippen LogP contribution in [0.5, 0.6) is 11.5 Å². The predicted octanol–water partition coefficient (Wildman–Crippen LogP) is 5.06. The number of phenols is 2. The van der Waals surface area contributed by atoms with Crippen molar-refractivity contribution in [1.82, 2.24) is 4.90 Å². The molecule has 2 aromatic rings. The van der Waals surface area contributed by atoms with Crippen molar-refractivity contribution in [2.45, 2.75) is 32.4 Å². The van der Waals surface area contributed by atoms with E-state index >= 15 is 0 Å². The van der Waals surface area contributed by atoms with E-state index in [1.807, 2.05) is 12.1 Å². The number of nitrogens with zero attached hydrogens (tertiary/aromatic N) is 1. The number of ether oxygens (including phenoxy) is 1. The van der Waals surface area contributed by atoms with Crippen molar-refractivity contribution in [2.75, 3.05) is 6.54 Å². The Balaban J connectivity index is 1.49. The van der Waals surface area contributed by atoms with E-state index in [9.17, 15) is 15.0 Å². The molecule has 0 atom stereocenters. The third-order valence-electron chi connectivity index (χ3n) is 5.28. The van der Waals surface area contributed by atoms with Gasteiger partial charge in [0.2, 0.25) is 0 Å². The fourth-order valence-electron chi connectivity index (χ4n) is 3.75. The highest BCUT2D eigenvalue weighted by Gasteiger charge is 2.29. The number of benzene rings is 2. The van der Waals surface area contributed by atoms with Crippen LogP contribution in [0.4, 0.5) is 4.79 Å². The summed E-state index contributed by atoms with van der Waals surface area (Å²) in [5.41, 5.74) is 4.54. The summed E-state index contributed by atoms with van der Waals surface area (Å²) in [5.74, 6) is -0.897. The molecular weight excluding hydrogens is 401 g/mol. The average Bonchev–Trinajstić information content (AvgIpc) is 2.74. The molecule has 0 fully saturated rings. The lowest BCUT2D eigenvalue weighted by Crippen LogP contribution is -2.36. The van der Waals surface area contributed by atoms with Gasteiger partial charge in [-0.05, 0) is 47.1 Å². The molecule has 0 saturated heterocycles. The van der Waals surface area contributed by atoms with Gasteiger partial charge in [0.25, 0.3) is 0 Å². The first-order chi connectivity index (χ1) is 13.5. The first kappa shape index (κ1) is 19.0. The molecule has 4 rings (SSSR count). The van der Waals surface area contributed by atoms with E-state index in [4.69, 9.17) is 27.9 Å². The van der Waals surface area contributed by atoms with E-state index in [0.717, 1.165) is 24.0 Å². The molecule has 28 heavy (non-hydrogen) atoms. The van der Waals surface area contributed by atoms with Gasteiger partial charge < -0.3 is 19.8 Å². The van der Waals surface area contributed by atoms with Crippen LogP contribution < -0.4 is 0 Å². The fraction of sp³-hybridized carbons (Fsp3) is 0.286. The van der Waals surface area contributed by atoms with Gasteiger partial charge in [0, 0.05) is 6.54 Å². The van der Waals surface area contributed by atoms with Crippen LogP contribution in [0.1, 0.15) is 34.2 Å². The normalized spacial score (nSPS) is 15.1. The molecule has 0 radical (unpaired) electrons. The first-order valence-corrected chi connectivity index (χ1v) is 9.82. The van der Waals surface area contributed by atoms with Crippen LogP contribution in [0.15, 0.2) is 24.3 Å². The lowest BCUT2D eigenvalue weighted by Gasteiger charge is -2.30. The van der Waals surface area contributed by atoms with Crippen LogP contribution in [0.25, 0.3) is 6.08 Å². The van der Waals surface area contributed by atoms with E-state index in [1.165, 1.54) is 10.5 Å². The monoisotopic (exact) mass is 419 g/mol. The van der Waals surface area contributed by atoms with Gasteiger partial charge in [-0.25, -0.2) is 4.79 Å². The number of rotatable bonds is 2. The Kier molecular flexibility index (Phi) is 5.13. The Labute approximate surface area is 172 Å². The molecule has 146 valence electrons. The highest BCUT2D eigenvalue weighted by molar-refractivity contribution is 6.36. The van der Waals surface area contributed by atoms with Crippen LogP contribution in [-0.2, 0) is 30.7 Å². The minimum atomic E-state index is -0.469. The number of amides is 1. The average molecular weight is 420 g/mol. The predicted molar refractivity (Wildman–Crippen MR) is 108 cm³/mol. The Bertz CT molecular complexity index is 987. The number of hydrogen-bond donors (Lipinski definition) is 2. The number of fused-ring (bicyclic) bond motifs is 2. The second-order valence-corrected chi connectivity index (χ2v) is 7.70. The summed E-state index contributed by atoms with van der Waals surface area (Å²) in [6.45, 7) is 0.733. The minimum absolute atomic E-state index is 0.0108. The van der Waals surface area contributed by atoms with Crippen molar-refractivity contribution < 1.29 is 19.7 Å². The van der Waals surface area contributed by atoms with E-state index < -0.39 is 17.6 Å². The lowest BCUT2D eigenvalue weighted by molar-refractivity contribution is 0.0917. The lowest BCUT2D eigenvalue weighted by atomic mass is 9.93. The van der Waals surface area contributed by atoms with Crippen molar-refractivity contribution in [1.29, 1.82) is 0 Å². The van der Waals surface area contributed by atoms with E-state index in [1.54, 1.807) is 0 Å².